The summed E-state index contributed by atoms with van der Waals surface area (Å²) in [6.07, 6.45) is -4.53. The first-order valence-corrected chi connectivity index (χ1v) is 6.47. The lowest BCUT2D eigenvalue weighted by molar-refractivity contribution is -0.137. The lowest BCUT2D eigenvalue weighted by Gasteiger charge is -2.29. The van der Waals surface area contributed by atoms with E-state index in [-0.39, 0.29) is 29.7 Å². The molecule has 0 saturated carbocycles. The van der Waals surface area contributed by atoms with E-state index in [4.69, 9.17) is 10.8 Å². The molecule has 0 aliphatic carbocycles. The molecule has 7 heteroatoms. The Bertz CT molecular complexity index is 489. The highest BCUT2D eigenvalue weighted by molar-refractivity contribution is 7.80. The van der Waals surface area contributed by atoms with E-state index in [1.54, 1.807) is 4.90 Å². The molecule has 0 heterocycles. The SMILES string of the molecule is CC(C)N(CCO)c1ccc(C(N)=S)c(C(F)(F)F)c1. The van der Waals surface area contributed by atoms with Gasteiger partial charge < -0.3 is 15.7 Å². The first-order chi connectivity index (χ1) is 9.18. The number of hydrogen-bond acceptors (Lipinski definition) is 3. The van der Waals surface area contributed by atoms with E-state index in [0.29, 0.717) is 5.69 Å². The Hall–Kier alpha value is -1.34. The Labute approximate surface area is 121 Å². The van der Waals surface area contributed by atoms with Crippen LogP contribution in [0.5, 0.6) is 0 Å². The van der Waals surface area contributed by atoms with Gasteiger partial charge in [0.2, 0.25) is 0 Å². The number of hydrogen-bond donors (Lipinski definition) is 2. The van der Waals surface area contributed by atoms with Gasteiger partial charge in [0.1, 0.15) is 4.99 Å². The normalized spacial score (nSPS) is 11.8. The number of anilines is 1. The van der Waals surface area contributed by atoms with Crippen LogP contribution in [0.1, 0.15) is 25.0 Å². The van der Waals surface area contributed by atoms with E-state index in [0.717, 1.165) is 6.07 Å². The molecule has 0 unspecified atom stereocenters. The molecule has 1 aromatic carbocycles. The van der Waals surface area contributed by atoms with Gasteiger partial charge in [-0.15, -0.1) is 0 Å². The smallest absolute Gasteiger partial charge is 0.395 e. The van der Waals surface area contributed by atoms with Crippen molar-refractivity contribution in [3.05, 3.63) is 29.3 Å². The summed E-state index contributed by atoms with van der Waals surface area (Å²) in [4.78, 5) is 1.39. The number of nitrogens with zero attached hydrogens (tertiary/aromatic N) is 1. The van der Waals surface area contributed by atoms with Gasteiger partial charge in [0.25, 0.3) is 0 Å². The molecular formula is C13H17F3N2OS. The molecule has 3 N–H and O–H groups in total. The highest BCUT2D eigenvalue weighted by atomic mass is 32.1. The minimum Gasteiger partial charge on any atom is -0.395 e. The largest absolute Gasteiger partial charge is 0.417 e. The molecule has 0 fully saturated rings. The third-order valence-corrected chi connectivity index (χ3v) is 3.09. The molecule has 0 spiro atoms. The first-order valence-electron chi connectivity index (χ1n) is 6.07. The van der Waals surface area contributed by atoms with E-state index < -0.39 is 11.7 Å². The molecule has 1 aromatic rings. The molecule has 0 aromatic heterocycles. The van der Waals surface area contributed by atoms with Gasteiger partial charge >= 0.3 is 6.18 Å². The van der Waals surface area contributed by atoms with Crippen molar-refractivity contribution >= 4 is 22.9 Å². The third-order valence-electron chi connectivity index (χ3n) is 2.87. The van der Waals surface area contributed by atoms with Gasteiger partial charge in [-0.3, -0.25) is 0 Å². The highest BCUT2D eigenvalue weighted by Crippen LogP contribution is 2.35. The van der Waals surface area contributed by atoms with Gasteiger partial charge in [-0.05, 0) is 32.0 Å². The first kappa shape index (κ1) is 16.7. The molecule has 0 saturated heterocycles. The molecule has 20 heavy (non-hydrogen) atoms. The van der Waals surface area contributed by atoms with Crippen LogP contribution < -0.4 is 10.6 Å². The van der Waals surface area contributed by atoms with Crippen molar-refractivity contribution in [3.63, 3.8) is 0 Å². The number of rotatable bonds is 5. The van der Waals surface area contributed by atoms with Crippen LogP contribution >= 0.6 is 12.2 Å². The van der Waals surface area contributed by atoms with Crippen molar-refractivity contribution in [1.29, 1.82) is 0 Å². The quantitative estimate of drug-likeness (QED) is 0.821. The average Bonchev–Trinajstić information content (AvgIpc) is 2.33. The summed E-state index contributed by atoms with van der Waals surface area (Å²) in [5.74, 6) is 0. The number of halogens is 3. The van der Waals surface area contributed by atoms with Gasteiger partial charge in [-0.1, -0.05) is 12.2 Å². The third kappa shape index (κ3) is 3.83. The second-order valence-electron chi connectivity index (χ2n) is 4.60. The second kappa shape index (κ2) is 6.41. The molecule has 0 amide bonds. The van der Waals surface area contributed by atoms with E-state index >= 15 is 0 Å². The zero-order valence-electron chi connectivity index (χ0n) is 11.2. The summed E-state index contributed by atoms with van der Waals surface area (Å²) in [7, 11) is 0. The van der Waals surface area contributed by atoms with Crippen molar-refractivity contribution in [2.75, 3.05) is 18.1 Å². The van der Waals surface area contributed by atoms with Crippen molar-refractivity contribution in [2.24, 2.45) is 5.73 Å². The Balaban J connectivity index is 3.34. The fourth-order valence-corrected chi connectivity index (χ4v) is 2.13. The van der Waals surface area contributed by atoms with Gasteiger partial charge in [-0.2, -0.15) is 13.2 Å². The number of nitrogens with two attached hydrogens (primary N) is 1. The average molecular weight is 306 g/mol. The van der Waals surface area contributed by atoms with Crippen LogP contribution in [0.15, 0.2) is 18.2 Å². The molecule has 1 rings (SSSR count). The van der Waals surface area contributed by atoms with Crippen LogP contribution in [-0.4, -0.2) is 29.3 Å². The number of alkyl halides is 3. The maximum atomic E-state index is 13.1. The summed E-state index contributed by atoms with van der Waals surface area (Å²) < 4.78 is 39.2. The van der Waals surface area contributed by atoms with Gasteiger partial charge in [0, 0.05) is 23.8 Å². The Morgan fingerprint density at radius 2 is 2.00 bits per heavy atom. The minimum atomic E-state index is -4.53. The minimum absolute atomic E-state index is 0.0427. The van der Waals surface area contributed by atoms with E-state index in [1.165, 1.54) is 12.1 Å². The van der Waals surface area contributed by atoms with Crippen molar-refractivity contribution in [3.8, 4) is 0 Å². The number of aliphatic hydroxyl groups excluding tert-OH is 1. The topological polar surface area (TPSA) is 49.5 Å². The monoisotopic (exact) mass is 306 g/mol. The van der Waals surface area contributed by atoms with Crippen LogP contribution in [0, 0.1) is 0 Å². The molecule has 0 aliphatic heterocycles. The van der Waals surface area contributed by atoms with Gasteiger partial charge in [-0.25, -0.2) is 0 Å². The van der Waals surface area contributed by atoms with Crippen LogP contribution in [0.25, 0.3) is 0 Å². The molecule has 0 aliphatic rings. The molecular weight excluding hydrogens is 289 g/mol. The van der Waals surface area contributed by atoms with Crippen molar-refractivity contribution in [1.82, 2.24) is 0 Å². The van der Waals surface area contributed by atoms with Crippen LogP contribution in [0.3, 0.4) is 0 Å². The maximum Gasteiger partial charge on any atom is 0.417 e. The zero-order valence-corrected chi connectivity index (χ0v) is 12.1. The van der Waals surface area contributed by atoms with Crippen LogP contribution in [0.4, 0.5) is 18.9 Å². The highest BCUT2D eigenvalue weighted by Gasteiger charge is 2.34. The lowest BCUT2D eigenvalue weighted by Crippen LogP contribution is -2.33. The summed E-state index contributed by atoms with van der Waals surface area (Å²) >= 11 is 4.65. The molecule has 112 valence electrons. The van der Waals surface area contributed by atoms with E-state index in [9.17, 15) is 13.2 Å². The lowest BCUT2D eigenvalue weighted by atomic mass is 10.0. The van der Waals surface area contributed by atoms with Crippen molar-refractivity contribution < 1.29 is 18.3 Å². The van der Waals surface area contributed by atoms with Crippen molar-refractivity contribution in [2.45, 2.75) is 26.1 Å². The van der Waals surface area contributed by atoms with Crippen LogP contribution in [0.2, 0.25) is 0 Å². The summed E-state index contributed by atoms with van der Waals surface area (Å²) in [6, 6.07) is 3.77. The summed E-state index contributed by atoms with van der Waals surface area (Å²) in [5, 5.41) is 9.01. The summed E-state index contributed by atoms with van der Waals surface area (Å²) in [6.45, 7) is 3.78. The number of aliphatic hydroxyl groups is 1. The predicted molar refractivity (Wildman–Crippen MR) is 76.9 cm³/mol. The number of benzene rings is 1. The Kier molecular flexibility index (Phi) is 5.35. The predicted octanol–water partition coefficient (Wildman–Crippen LogP) is 2.55. The Morgan fingerprint density at radius 3 is 2.40 bits per heavy atom. The Morgan fingerprint density at radius 1 is 1.40 bits per heavy atom. The summed E-state index contributed by atoms with van der Waals surface area (Å²) in [5.41, 5.74) is 4.66. The maximum absolute atomic E-state index is 13.1. The zero-order chi connectivity index (χ0) is 15.5. The van der Waals surface area contributed by atoms with E-state index in [1.807, 2.05) is 13.8 Å². The standard InChI is InChI=1S/C13H17F3N2OS/c1-8(2)18(5-6-19)9-3-4-10(12(17)20)11(7-9)13(14,15)16/h3-4,7-8,19H,5-6H2,1-2H3,(H2,17,20). The van der Waals surface area contributed by atoms with Gasteiger partial charge in [0.15, 0.2) is 0 Å². The molecule has 3 nitrogen and oxygen atoms in total. The molecule has 0 radical (unpaired) electrons. The number of thiocarbonyl (C=S) groups is 1. The van der Waals surface area contributed by atoms with E-state index in [2.05, 4.69) is 12.2 Å². The molecule has 0 bridgehead atoms. The molecule has 0 atom stereocenters. The van der Waals surface area contributed by atoms with Gasteiger partial charge in [0.05, 0.1) is 12.2 Å². The van der Waals surface area contributed by atoms with Crippen LogP contribution in [-0.2, 0) is 6.18 Å². The second-order valence-corrected chi connectivity index (χ2v) is 5.04. The fraction of sp³-hybridized carbons (Fsp3) is 0.462. The fourth-order valence-electron chi connectivity index (χ4n) is 1.95.